The third-order valence-corrected chi connectivity index (χ3v) is 3.56. The van der Waals surface area contributed by atoms with Gasteiger partial charge in [0.05, 0.1) is 0 Å². The lowest BCUT2D eigenvalue weighted by Gasteiger charge is -2.21. The number of rotatable bonds is 7. The van der Waals surface area contributed by atoms with Crippen molar-refractivity contribution in [1.29, 1.82) is 0 Å². The molecule has 0 bridgehead atoms. The SMILES string of the molecule is CCCCNc1nccc(C(=O)N(CC)c2cccc(C)c2)n1. The molecule has 0 radical (unpaired) electrons. The van der Waals surface area contributed by atoms with E-state index in [0.29, 0.717) is 18.2 Å². The number of unbranched alkanes of at least 4 members (excludes halogenated alkanes) is 1. The Labute approximate surface area is 137 Å². The van der Waals surface area contributed by atoms with Gasteiger partial charge in [-0.15, -0.1) is 0 Å². The van der Waals surface area contributed by atoms with Crippen LogP contribution >= 0.6 is 0 Å². The van der Waals surface area contributed by atoms with Crippen LogP contribution in [0.15, 0.2) is 36.5 Å². The molecule has 0 aliphatic rings. The first kappa shape index (κ1) is 16.9. The minimum Gasteiger partial charge on any atom is -0.354 e. The lowest BCUT2D eigenvalue weighted by atomic mass is 10.2. The summed E-state index contributed by atoms with van der Waals surface area (Å²) in [6.45, 7) is 7.50. The minimum absolute atomic E-state index is 0.112. The first-order chi connectivity index (χ1) is 11.2. The molecule has 1 N–H and O–H groups in total. The molecule has 23 heavy (non-hydrogen) atoms. The number of aryl methyl sites for hydroxylation is 1. The zero-order chi connectivity index (χ0) is 16.7. The smallest absolute Gasteiger partial charge is 0.277 e. The normalized spacial score (nSPS) is 10.4. The molecule has 122 valence electrons. The fourth-order valence-electron chi connectivity index (χ4n) is 2.32. The predicted molar refractivity (Wildman–Crippen MR) is 94.0 cm³/mol. The summed E-state index contributed by atoms with van der Waals surface area (Å²) < 4.78 is 0. The van der Waals surface area contributed by atoms with Crippen LogP contribution in [-0.2, 0) is 0 Å². The van der Waals surface area contributed by atoms with Crippen LogP contribution in [0, 0.1) is 6.92 Å². The number of benzene rings is 1. The van der Waals surface area contributed by atoms with E-state index in [0.717, 1.165) is 30.6 Å². The highest BCUT2D eigenvalue weighted by Crippen LogP contribution is 2.18. The van der Waals surface area contributed by atoms with Gasteiger partial charge in [0, 0.05) is 25.0 Å². The molecule has 0 aliphatic heterocycles. The standard InChI is InChI=1S/C18H24N4O/c1-4-6-11-19-18-20-12-10-16(21-18)17(23)22(5-2)15-9-7-8-14(3)13-15/h7-10,12-13H,4-6,11H2,1-3H3,(H,19,20,21). The van der Waals surface area contributed by atoms with E-state index in [1.807, 2.05) is 38.1 Å². The van der Waals surface area contributed by atoms with E-state index in [-0.39, 0.29) is 5.91 Å². The van der Waals surface area contributed by atoms with Crippen molar-refractivity contribution in [3.05, 3.63) is 47.8 Å². The molecule has 0 atom stereocenters. The molecule has 1 amide bonds. The maximum atomic E-state index is 12.8. The van der Waals surface area contributed by atoms with E-state index in [1.165, 1.54) is 0 Å². The molecule has 0 saturated carbocycles. The molecule has 5 heteroatoms. The van der Waals surface area contributed by atoms with Crippen molar-refractivity contribution in [2.75, 3.05) is 23.3 Å². The van der Waals surface area contributed by atoms with Crippen LogP contribution in [0.2, 0.25) is 0 Å². The van der Waals surface area contributed by atoms with Crippen LogP contribution in [0.4, 0.5) is 11.6 Å². The number of hydrogen-bond donors (Lipinski definition) is 1. The molecular weight excluding hydrogens is 288 g/mol. The maximum absolute atomic E-state index is 12.8. The van der Waals surface area contributed by atoms with Gasteiger partial charge in [0.1, 0.15) is 5.69 Å². The van der Waals surface area contributed by atoms with Gasteiger partial charge in [-0.05, 0) is 44.0 Å². The highest BCUT2D eigenvalue weighted by atomic mass is 16.2. The van der Waals surface area contributed by atoms with E-state index in [2.05, 4.69) is 22.2 Å². The number of carbonyl (C=O) groups is 1. The quantitative estimate of drug-likeness (QED) is 0.793. The second-order valence-electron chi connectivity index (χ2n) is 5.43. The fraction of sp³-hybridized carbons (Fsp3) is 0.389. The van der Waals surface area contributed by atoms with Crippen molar-refractivity contribution in [3.8, 4) is 0 Å². The van der Waals surface area contributed by atoms with Crippen molar-refractivity contribution >= 4 is 17.5 Å². The summed E-state index contributed by atoms with van der Waals surface area (Å²) in [7, 11) is 0. The maximum Gasteiger partial charge on any atom is 0.277 e. The zero-order valence-electron chi connectivity index (χ0n) is 14.0. The van der Waals surface area contributed by atoms with Gasteiger partial charge in [-0.3, -0.25) is 4.79 Å². The summed E-state index contributed by atoms with van der Waals surface area (Å²) in [5.41, 5.74) is 2.41. The van der Waals surface area contributed by atoms with Gasteiger partial charge in [0.2, 0.25) is 5.95 Å². The molecule has 0 saturated heterocycles. The van der Waals surface area contributed by atoms with Crippen LogP contribution in [0.5, 0.6) is 0 Å². The number of anilines is 2. The summed E-state index contributed by atoms with van der Waals surface area (Å²) in [6.07, 6.45) is 3.77. The second kappa shape index (κ2) is 8.27. The van der Waals surface area contributed by atoms with Crippen LogP contribution in [0.25, 0.3) is 0 Å². The van der Waals surface area contributed by atoms with Gasteiger partial charge in [-0.1, -0.05) is 25.5 Å². The van der Waals surface area contributed by atoms with Gasteiger partial charge >= 0.3 is 0 Å². The van der Waals surface area contributed by atoms with E-state index in [9.17, 15) is 4.79 Å². The highest BCUT2D eigenvalue weighted by molar-refractivity contribution is 6.04. The molecule has 1 aromatic heterocycles. The second-order valence-corrected chi connectivity index (χ2v) is 5.43. The average Bonchev–Trinajstić information content (AvgIpc) is 2.56. The number of aromatic nitrogens is 2. The zero-order valence-corrected chi connectivity index (χ0v) is 14.0. The molecule has 5 nitrogen and oxygen atoms in total. The lowest BCUT2D eigenvalue weighted by Crippen LogP contribution is -2.31. The molecular formula is C18H24N4O. The Morgan fingerprint density at radius 3 is 2.78 bits per heavy atom. The third kappa shape index (κ3) is 4.52. The largest absolute Gasteiger partial charge is 0.354 e. The number of nitrogens with zero attached hydrogens (tertiary/aromatic N) is 3. The Morgan fingerprint density at radius 2 is 2.09 bits per heavy atom. The molecule has 2 rings (SSSR count). The van der Waals surface area contributed by atoms with E-state index >= 15 is 0 Å². The monoisotopic (exact) mass is 312 g/mol. The summed E-state index contributed by atoms with van der Waals surface area (Å²) in [5, 5.41) is 3.15. The minimum atomic E-state index is -0.112. The molecule has 0 fully saturated rings. The Kier molecular flexibility index (Phi) is 6.09. The van der Waals surface area contributed by atoms with Gasteiger partial charge in [0.25, 0.3) is 5.91 Å². The number of hydrogen-bond acceptors (Lipinski definition) is 4. The van der Waals surface area contributed by atoms with Crippen LogP contribution in [0.3, 0.4) is 0 Å². The van der Waals surface area contributed by atoms with E-state index < -0.39 is 0 Å². The Hall–Kier alpha value is -2.43. The van der Waals surface area contributed by atoms with Crippen LogP contribution in [0.1, 0.15) is 42.7 Å². The molecule has 1 aromatic carbocycles. The van der Waals surface area contributed by atoms with Crippen LogP contribution in [-0.4, -0.2) is 29.0 Å². The van der Waals surface area contributed by atoms with Gasteiger partial charge in [-0.2, -0.15) is 0 Å². The first-order valence-electron chi connectivity index (χ1n) is 8.11. The van der Waals surface area contributed by atoms with E-state index in [1.54, 1.807) is 17.2 Å². The highest BCUT2D eigenvalue weighted by Gasteiger charge is 2.18. The third-order valence-electron chi connectivity index (χ3n) is 3.56. The van der Waals surface area contributed by atoms with Gasteiger partial charge in [-0.25, -0.2) is 9.97 Å². The molecule has 2 aromatic rings. The molecule has 1 heterocycles. The van der Waals surface area contributed by atoms with E-state index in [4.69, 9.17) is 0 Å². The molecule has 0 aliphatic carbocycles. The summed E-state index contributed by atoms with van der Waals surface area (Å²) in [6, 6.07) is 9.57. The molecule has 0 spiro atoms. The average molecular weight is 312 g/mol. The predicted octanol–water partition coefficient (Wildman–Crippen LogP) is 3.66. The van der Waals surface area contributed by atoms with Crippen molar-refractivity contribution < 1.29 is 4.79 Å². The number of nitrogens with one attached hydrogen (secondary N) is 1. The van der Waals surface area contributed by atoms with Crippen LogP contribution < -0.4 is 10.2 Å². The summed E-state index contributed by atoms with van der Waals surface area (Å²) >= 11 is 0. The summed E-state index contributed by atoms with van der Waals surface area (Å²) in [5.74, 6) is 0.392. The van der Waals surface area contributed by atoms with Crippen molar-refractivity contribution in [2.45, 2.75) is 33.6 Å². The number of amides is 1. The fourth-order valence-corrected chi connectivity index (χ4v) is 2.32. The van der Waals surface area contributed by atoms with Crippen molar-refractivity contribution in [1.82, 2.24) is 9.97 Å². The van der Waals surface area contributed by atoms with Crippen molar-refractivity contribution in [2.24, 2.45) is 0 Å². The topological polar surface area (TPSA) is 58.1 Å². The molecule has 0 unspecified atom stereocenters. The Balaban J connectivity index is 2.19. The lowest BCUT2D eigenvalue weighted by molar-refractivity contribution is 0.0983. The Bertz CT molecular complexity index is 657. The van der Waals surface area contributed by atoms with Gasteiger partial charge < -0.3 is 10.2 Å². The van der Waals surface area contributed by atoms with Gasteiger partial charge in [0.15, 0.2) is 0 Å². The summed E-state index contributed by atoms with van der Waals surface area (Å²) in [4.78, 5) is 23.0. The van der Waals surface area contributed by atoms with Crippen molar-refractivity contribution in [3.63, 3.8) is 0 Å². The first-order valence-corrected chi connectivity index (χ1v) is 8.11. The number of carbonyl (C=O) groups excluding carboxylic acids is 1. The Morgan fingerprint density at radius 1 is 1.26 bits per heavy atom.